The largest absolute Gasteiger partial charge is 0.477 e. The predicted octanol–water partition coefficient (Wildman–Crippen LogP) is 1.42. The van der Waals surface area contributed by atoms with Crippen molar-refractivity contribution >= 4 is 27.3 Å². The fourth-order valence-corrected chi connectivity index (χ4v) is 3.73. The van der Waals surface area contributed by atoms with Crippen molar-refractivity contribution in [2.75, 3.05) is 0 Å². The van der Waals surface area contributed by atoms with Crippen LogP contribution in [0.2, 0.25) is 0 Å². The van der Waals surface area contributed by atoms with Gasteiger partial charge in [-0.3, -0.25) is 0 Å². The maximum atomic E-state index is 12.0. The van der Waals surface area contributed by atoms with Crippen LogP contribution in [0.25, 0.3) is 0 Å². The van der Waals surface area contributed by atoms with E-state index in [0.29, 0.717) is 0 Å². The third kappa shape index (κ3) is 3.88. The lowest BCUT2D eigenvalue weighted by atomic mass is 10.1. The van der Waals surface area contributed by atoms with Crippen LogP contribution in [0.5, 0.6) is 0 Å². The zero-order valence-electron chi connectivity index (χ0n) is 10.8. The van der Waals surface area contributed by atoms with Crippen LogP contribution in [-0.4, -0.2) is 24.6 Å². The minimum atomic E-state index is -3.74. The van der Waals surface area contributed by atoms with Gasteiger partial charge in [0.2, 0.25) is 10.0 Å². The van der Waals surface area contributed by atoms with E-state index in [0.717, 1.165) is 28.5 Å². The Labute approximate surface area is 125 Å². The van der Waals surface area contributed by atoms with E-state index in [1.807, 2.05) is 0 Å². The lowest BCUT2D eigenvalue weighted by molar-refractivity contribution is 0.0702. The number of aromatic carboxylic acids is 1. The molecule has 21 heavy (non-hydrogen) atoms. The number of benzene rings is 1. The average Bonchev–Trinajstić information content (AvgIpc) is 2.97. The number of aliphatic hydroxyl groups is 1. The molecule has 1 heterocycles. The zero-order valence-corrected chi connectivity index (χ0v) is 12.4. The molecule has 0 fully saturated rings. The van der Waals surface area contributed by atoms with Crippen molar-refractivity contribution < 1.29 is 23.4 Å². The molecule has 2 aromatic rings. The highest BCUT2D eigenvalue weighted by Gasteiger charge is 2.18. The lowest BCUT2D eigenvalue weighted by Crippen LogP contribution is -2.22. The minimum Gasteiger partial charge on any atom is -0.477 e. The molecular weight excluding hydrogens is 314 g/mol. The number of hydrogen-bond donors (Lipinski definition) is 3. The maximum Gasteiger partial charge on any atom is 0.345 e. The van der Waals surface area contributed by atoms with Gasteiger partial charge < -0.3 is 10.2 Å². The Morgan fingerprint density at radius 1 is 1.19 bits per heavy atom. The molecule has 0 spiro atoms. The Hall–Kier alpha value is -1.74. The molecule has 0 saturated carbocycles. The van der Waals surface area contributed by atoms with Crippen LogP contribution >= 0.6 is 11.3 Å². The Morgan fingerprint density at radius 3 is 2.33 bits per heavy atom. The van der Waals surface area contributed by atoms with Crippen molar-refractivity contribution in [1.82, 2.24) is 4.72 Å². The first kappa shape index (κ1) is 15.6. The smallest absolute Gasteiger partial charge is 0.345 e. The Morgan fingerprint density at radius 2 is 1.81 bits per heavy atom. The van der Waals surface area contributed by atoms with Crippen LogP contribution in [0.3, 0.4) is 0 Å². The third-order valence-corrected chi connectivity index (χ3v) is 5.22. The quantitative estimate of drug-likeness (QED) is 0.744. The molecular formula is C13H13NO5S2. The van der Waals surface area contributed by atoms with Crippen molar-refractivity contribution in [3.8, 4) is 0 Å². The summed E-state index contributed by atoms with van der Waals surface area (Å²) in [6.07, 6.45) is 0. The van der Waals surface area contributed by atoms with Crippen LogP contribution in [0, 0.1) is 0 Å². The minimum absolute atomic E-state index is 0.0253. The van der Waals surface area contributed by atoms with Gasteiger partial charge in [-0.1, -0.05) is 24.3 Å². The topological polar surface area (TPSA) is 104 Å². The second-order valence-corrected chi connectivity index (χ2v) is 6.93. The molecule has 1 aromatic carbocycles. The van der Waals surface area contributed by atoms with Gasteiger partial charge in [0.05, 0.1) is 11.5 Å². The fourth-order valence-electron chi connectivity index (χ4n) is 1.60. The standard InChI is InChI=1S/C13H13NO5S2/c15-7-10-3-1-9(2-4-10)6-14-21(18,19)11-5-12(13(16)17)20-8-11/h1-5,8,14-15H,6-7H2,(H,16,17). The molecule has 0 bridgehead atoms. The molecule has 0 atom stereocenters. The van der Waals surface area contributed by atoms with E-state index in [-0.39, 0.29) is 22.9 Å². The average molecular weight is 327 g/mol. The van der Waals surface area contributed by atoms with Gasteiger partial charge in [-0.25, -0.2) is 17.9 Å². The van der Waals surface area contributed by atoms with E-state index in [1.165, 1.54) is 5.38 Å². The molecule has 0 unspecified atom stereocenters. The van der Waals surface area contributed by atoms with Crippen molar-refractivity contribution in [1.29, 1.82) is 0 Å². The second kappa shape index (κ2) is 6.35. The van der Waals surface area contributed by atoms with Crippen LogP contribution in [0.4, 0.5) is 0 Å². The van der Waals surface area contributed by atoms with Crippen molar-refractivity contribution in [2.45, 2.75) is 18.0 Å². The van der Waals surface area contributed by atoms with E-state index in [4.69, 9.17) is 10.2 Å². The highest BCUT2D eigenvalue weighted by atomic mass is 32.2. The van der Waals surface area contributed by atoms with Gasteiger partial charge in [-0.05, 0) is 17.2 Å². The molecule has 0 aliphatic rings. The monoisotopic (exact) mass is 327 g/mol. The third-order valence-electron chi connectivity index (χ3n) is 2.77. The van der Waals surface area contributed by atoms with Gasteiger partial charge in [-0.15, -0.1) is 11.3 Å². The summed E-state index contributed by atoms with van der Waals surface area (Å²) in [6.45, 7) is 0.0190. The summed E-state index contributed by atoms with van der Waals surface area (Å²) in [5.41, 5.74) is 1.48. The molecule has 6 nitrogen and oxygen atoms in total. The van der Waals surface area contributed by atoms with Gasteiger partial charge in [0.25, 0.3) is 0 Å². The Bertz CT molecular complexity index is 734. The Kier molecular flexibility index (Phi) is 4.73. The summed E-state index contributed by atoms with van der Waals surface area (Å²) in [6, 6.07) is 7.96. The summed E-state index contributed by atoms with van der Waals surface area (Å²) >= 11 is 0.865. The number of rotatable bonds is 6. The lowest BCUT2D eigenvalue weighted by Gasteiger charge is -2.05. The number of hydrogen-bond acceptors (Lipinski definition) is 5. The first-order chi connectivity index (χ1) is 9.92. The molecule has 8 heteroatoms. The highest BCUT2D eigenvalue weighted by molar-refractivity contribution is 7.89. The highest BCUT2D eigenvalue weighted by Crippen LogP contribution is 2.19. The van der Waals surface area contributed by atoms with Crippen molar-refractivity contribution in [3.05, 3.63) is 51.7 Å². The molecule has 0 amide bonds. The van der Waals surface area contributed by atoms with E-state index >= 15 is 0 Å². The SMILES string of the molecule is O=C(O)c1cc(S(=O)(=O)NCc2ccc(CO)cc2)cs1. The zero-order chi connectivity index (χ0) is 15.5. The van der Waals surface area contributed by atoms with Crippen molar-refractivity contribution in [3.63, 3.8) is 0 Å². The number of carboxylic acid groups (broad SMARTS) is 1. The molecule has 112 valence electrons. The second-order valence-electron chi connectivity index (χ2n) is 4.25. The molecule has 0 radical (unpaired) electrons. The van der Waals surface area contributed by atoms with Gasteiger partial charge in [0.1, 0.15) is 4.88 Å². The predicted molar refractivity (Wildman–Crippen MR) is 77.7 cm³/mol. The van der Waals surface area contributed by atoms with Gasteiger partial charge >= 0.3 is 5.97 Å². The maximum absolute atomic E-state index is 12.0. The summed E-state index contributed by atoms with van der Waals surface area (Å²) in [5.74, 6) is -1.15. The van der Waals surface area contributed by atoms with Crippen LogP contribution < -0.4 is 4.72 Å². The summed E-state index contributed by atoms with van der Waals surface area (Å²) in [5, 5.41) is 19.0. The number of carbonyl (C=O) groups is 1. The molecule has 0 aliphatic carbocycles. The molecule has 0 saturated heterocycles. The van der Waals surface area contributed by atoms with Gasteiger partial charge in [0.15, 0.2) is 0 Å². The number of sulfonamides is 1. The first-order valence-corrected chi connectivity index (χ1v) is 8.29. The molecule has 3 N–H and O–H groups in total. The number of thiophene rings is 1. The molecule has 2 rings (SSSR count). The van der Waals surface area contributed by atoms with Crippen LogP contribution in [0.1, 0.15) is 20.8 Å². The normalized spacial score (nSPS) is 11.5. The van der Waals surface area contributed by atoms with E-state index in [9.17, 15) is 13.2 Å². The van der Waals surface area contributed by atoms with Crippen LogP contribution in [0.15, 0.2) is 40.6 Å². The number of aliphatic hydroxyl groups excluding tert-OH is 1. The number of nitrogens with one attached hydrogen (secondary N) is 1. The van der Waals surface area contributed by atoms with Crippen LogP contribution in [-0.2, 0) is 23.2 Å². The number of carboxylic acids is 1. The first-order valence-electron chi connectivity index (χ1n) is 5.92. The van der Waals surface area contributed by atoms with Gasteiger partial charge in [-0.2, -0.15) is 0 Å². The van der Waals surface area contributed by atoms with E-state index < -0.39 is 16.0 Å². The molecule has 1 aromatic heterocycles. The van der Waals surface area contributed by atoms with Crippen molar-refractivity contribution in [2.24, 2.45) is 0 Å². The fraction of sp³-hybridized carbons (Fsp3) is 0.154. The summed E-state index contributed by atoms with van der Waals surface area (Å²) in [7, 11) is -3.74. The molecule has 0 aliphatic heterocycles. The van der Waals surface area contributed by atoms with E-state index in [1.54, 1.807) is 24.3 Å². The summed E-state index contributed by atoms with van der Waals surface area (Å²) in [4.78, 5) is 10.7. The van der Waals surface area contributed by atoms with Gasteiger partial charge in [0, 0.05) is 11.9 Å². The van der Waals surface area contributed by atoms with E-state index in [2.05, 4.69) is 4.72 Å². The summed E-state index contributed by atoms with van der Waals surface area (Å²) < 4.78 is 26.5. The Balaban J connectivity index is 2.07.